The van der Waals surface area contributed by atoms with Crippen molar-refractivity contribution in [3.05, 3.63) is 45.6 Å². The number of aromatic nitrogens is 1. The van der Waals surface area contributed by atoms with Crippen molar-refractivity contribution < 1.29 is 22.7 Å². The molecular weight excluding hydrogens is 431 g/mol. The third-order valence-corrected chi connectivity index (χ3v) is 7.00. The number of hydrogen-bond donors (Lipinski definition) is 3. The van der Waals surface area contributed by atoms with Crippen molar-refractivity contribution in [2.45, 2.75) is 24.9 Å². The number of hydrogen-bond acceptors (Lipinski definition) is 6. The normalized spacial score (nSPS) is 22.1. The minimum atomic E-state index is -3.98. The first-order valence-electron chi connectivity index (χ1n) is 8.37. The lowest BCUT2D eigenvalue weighted by atomic mass is 10.1. The number of benzene rings is 1. The van der Waals surface area contributed by atoms with Gasteiger partial charge in [-0.3, -0.25) is 4.79 Å². The number of aliphatic hydroxyl groups excluding tert-OH is 1. The zero-order valence-electron chi connectivity index (χ0n) is 14.5. The van der Waals surface area contributed by atoms with Gasteiger partial charge < -0.3 is 10.4 Å². The molecule has 2 aromatic rings. The molecule has 0 radical (unpaired) electrons. The van der Waals surface area contributed by atoms with E-state index < -0.39 is 34.0 Å². The van der Waals surface area contributed by atoms with E-state index in [0.717, 1.165) is 10.4 Å². The van der Waals surface area contributed by atoms with Gasteiger partial charge in [0.05, 0.1) is 11.1 Å². The number of amides is 1. The molecule has 28 heavy (non-hydrogen) atoms. The summed E-state index contributed by atoms with van der Waals surface area (Å²) in [7, 11) is -3.98. The molecule has 2 heterocycles. The Kier molecular flexibility index (Phi) is 6.63. The molecule has 1 aliphatic heterocycles. The molecule has 2 unspecified atom stereocenters. The van der Waals surface area contributed by atoms with E-state index in [2.05, 4.69) is 15.0 Å². The highest BCUT2D eigenvalue weighted by Crippen LogP contribution is 2.31. The number of nitrogens with one attached hydrogen (secondary N) is 2. The Bertz CT molecular complexity index is 942. The maximum Gasteiger partial charge on any atom is 0.280 e. The number of thiazole rings is 1. The Morgan fingerprint density at radius 3 is 2.93 bits per heavy atom. The molecule has 0 saturated carbocycles. The first-order valence-corrected chi connectivity index (χ1v) is 11.1. The SMILES string of the molecule is O=C(Nc1ccc(F)c(Cl)c1)C1CC(c2nccs2)NS(=O)(=O)N1CCCO. The van der Waals surface area contributed by atoms with Gasteiger partial charge in [0.2, 0.25) is 5.91 Å². The van der Waals surface area contributed by atoms with Crippen LogP contribution >= 0.6 is 22.9 Å². The van der Waals surface area contributed by atoms with Gasteiger partial charge in [0.1, 0.15) is 16.9 Å². The van der Waals surface area contributed by atoms with Crippen LogP contribution in [0.15, 0.2) is 29.8 Å². The average molecular weight is 449 g/mol. The second-order valence-electron chi connectivity index (χ2n) is 6.10. The Morgan fingerprint density at radius 1 is 1.50 bits per heavy atom. The summed E-state index contributed by atoms with van der Waals surface area (Å²) < 4.78 is 42.3. The third kappa shape index (κ3) is 4.67. The summed E-state index contributed by atoms with van der Waals surface area (Å²) in [5.74, 6) is -1.20. The zero-order valence-corrected chi connectivity index (χ0v) is 16.9. The highest BCUT2D eigenvalue weighted by molar-refractivity contribution is 7.87. The Labute approximate surface area is 170 Å². The summed E-state index contributed by atoms with van der Waals surface area (Å²) in [5, 5.41) is 13.8. The Hall–Kier alpha value is -1.63. The van der Waals surface area contributed by atoms with Crippen molar-refractivity contribution in [1.82, 2.24) is 14.0 Å². The number of carbonyl (C=O) groups is 1. The lowest BCUT2D eigenvalue weighted by Crippen LogP contribution is -2.57. The van der Waals surface area contributed by atoms with Gasteiger partial charge >= 0.3 is 0 Å². The maximum absolute atomic E-state index is 13.3. The molecule has 2 atom stereocenters. The maximum atomic E-state index is 13.3. The molecule has 8 nitrogen and oxygen atoms in total. The smallest absolute Gasteiger partial charge is 0.280 e. The fourth-order valence-corrected chi connectivity index (χ4v) is 5.45. The van der Waals surface area contributed by atoms with Crippen molar-refractivity contribution in [2.24, 2.45) is 0 Å². The molecule has 1 amide bonds. The summed E-state index contributed by atoms with van der Waals surface area (Å²) in [6.07, 6.45) is 1.88. The highest BCUT2D eigenvalue weighted by atomic mass is 35.5. The van der Waals surface area contributed by atoms with Crippen LogP contribution in [0.5, 0.6) is 0 Å². The number of anilines is 1. The fourth-order valence-electron chi connectivity index (χ4n) is 2.90. The van der Waals surface area contributed by atoms with Crippen LogP contribution in [-0.4, -0.2) is 47.9 Å². The van der Waals surface area contributed by atoms with Crippen LogP contribution < -0.4 is 10.0 Å². The van der Waals surface area contributed by atoms with Crippen molar-refractivity contribution in [2.75, 3.05) is 18.5 Å². The molecule has 0 spiro atoms. The number of halogens is 2. The minimum absolute atomic E-state index is 0.0291. The monoisotopic (exact) mass is 448 g/mol. The quantitative estimate of drug-likeness (QED) is 0.625. The number of nitrogens with zero attached hydrogens (tertiary/aromatic N) is 2. The molecule has 1 fully saturated rings. The minimum Gasteiger partial charge on any atom is -0.396 e. The van der Waals surface area contributed by atoms with E-state index in [9.17, 15) is 17.6 Å². The number of carbonyl (C=O) groups excluding carboxylic acids is 1. The standard InChI is InChI=1S/C16H18ClFN4O4S2/c17-11-8-10(2-3-12(11)18)20-15(24)14-9-13(16-19-4-7-27-16)21-28(25,26)22(14)5-1-6-23/h2-4,7-8,13-14,21,23H,1,5-6,9H2,(H,20,24). The summed E-state index contributed by atoms with van der Waals surface area (Å²) in [4.78, 5) is 17.0. The van der Waals surface area contributed by atoms with Gasteiger partial charge in [-0.2, -0.15) is 17.4 Å². The largest absolute Gasteiger partial charge is 0.396 e. The molecular formula is C16H18ClFN4O4S2. The molecule has 1 aromatic carbocycles. The van der Waals surface area contributed by atoms with Gasteiger partial charge in [0.25, 0.3) is 10.2 Å². The second kappa shape index (κ2) is 8.80. The Morgan fingerprint density at radius 2 is 2.29 bits per heavy atom. The van der Waals surface area contributed by atoms with Crippen molar-refractivity contribution in [1.29, 1.82) is 0 Å². The van der Waals surface area contributed by atoms with Crippen molar-refractivity contribution >= 4 is 44.7 Å². The van der Waals surface area contributed by atoms with E-state index in [1.165, 1.54) is 23.5 Å². The Balaban J connectivity index is 1.87. The first kappa shape index (κ1) is 21.1. The van der Waals surface area contributed by atoms with E-state index in [-0.39, 0.29) is 36.7 Å². The molecule has 1 aliphatic rings. The molecule has 152 valence electrons. The van der Waals surface area contributed by atoms with E-state index in [0.29, 0.717) is 5.01 Å². The zero-order chi connectivity index (χ0) is 20.3. The van der Waals surface area contributed by atoms with Gasteiger partial charge in [-0.25, -0.2) is 9.37 Å². The molecule has 3 rings (SSSR count). The lowest BCUT2D eigenvalue weighted by Gasteiger charge is -2.37. The van der Waals surface area contributed by atoms with Gasteiger partial charge in [-0.05, 0) is 31.0 Å². The molecule has 3 N–H and O–H groups in total. The van der Waals surface area contributed by atoms with Gasteiger partial charge in [0.15, 0.2) is 0 Å². The number of rotatable bonds is 6. The van der Waals surface area contributed by atoms with Gasteiger partial charge in [0, 0.05) is 30.4 Å². The van der Waals surface area contributed by atoms with E-state index in [1.807, 2.05) is 0 Å². The van der Waals surface area contributed by atoms with Crippen molar-refractivity contribution in [3.63, 3.8) is 0 Å². The van der Waals surface area contributed by atoms with Gasteiger partial charge in [-0.15, -0.1) is 11.3 Å². The molecule has 0 bridgehead atoms. The lowest BCUT2D eigenvalue weighted by molar-refractivity contribution is -0.120. The van der Waals surface area contributed by atoms with Crippen LogP contribution in [0.3, 0.4) is 0 Å². The van der Waals surface area contributed by atoms with Gasteiger partial charge in [-0.1, -0.05) is 11.6 Å². The van der Waals surface area contributed by atoms with E-state index >= 15 is 0 Å². The van der Waals surface area contributed by atoms with E-state index in [1.54, 1.807) is 11.6 Å². The topological polar surface area (TPSA) is 112 Å². The molecule has 12 heteroatoms. The molecule has 1 aromatic heterocycles. The first-order chi connectivity index (χ1) is 13.3. The van der Waals surface area contributed by atoms with Crippen LogP contribution in [0, 0.1) is 5.82 Å². The summed E-state index contributed by atoms with van der Waals surface area (Å²) in [6.45, 7) is -0.247. The van der Waals surface area contributed by atoms with Crippen LogP contribution in [0.1, 0.15) is 23.9 Å². The summed E-state index contributed by atoms with van der Waals surface area (Å²) in [5.41, 5.74) is 0.250. The molecule has 1 saturated heterocycles. The van der Waals surface area contributed by atoms with Crippen LogP contribution in [0.2, 0.25) is 5.02 Å². The summed E-state index contributed by atoms with van der Waals surface area (Å²) >= 11 is 7.02. The predicted octanol–water partition coefficient (Wildman–Crippen LogP) is 1.91. The average Bonchev–Trinajstić information content (AvgIpc) is 3.17. The van der Waals surface area contributed by atoms with Crippen LogP contribution in [0.25, 0.3) is 0 Å². The van der Waals surface area contributed by atoms with Crippen molar-refractivity contribution in [3.8, 4) is 0 Å². The van der Waals surface area contributed by atoms with Crippen LogP contribution in [-0.2, 0) is 15.0 Å². The second-order valence-corrected chi connectivity index (χ2v) is 9.09. The summed E-state index contributed by atoms with van der Waals surface area (Å²) in [6, 6.07) is 2.02. The van der Waals surface area contributed by atoms with Crippen LogP contribution in [0.4, 0.5) is 10.1 Å². The van der Waals surface area contributed by atoms with E-state index in [4.69, 9.17) is 16.7 Å². The predicted molar refractivity (Wildman–Crippen MR) is 104 cm³/mol. The third-order valence-electron chi connectivity index (χ3n) is 4.18. The fraction of sp³-hybridized carbons (Fsp3) is 0.375. The highest BCUT2D eigenvalue weighted by Gasteiger charge is 2.43. The molecule has 0 aliphatic carbocycles. The number of aliphatic hydroxyl groups is 1.